The van der Waals surface area contributed by atoms with Gasteiger partial charge in [-0.2, -0.15) is 0 Å². The van der Waals surface area contributed by atoms with Crippen LogP contribution in [0.1, 0.15) is 16.2 Å². The number of primary sulfonamides is 1. The fourth-order valence-corrected chi connectivity index (χ4v) is 3.88. The molecule has 29 heavy (non-hydrogen) atoms. The van der Waals surface area contributed by atoms with E-state index in [4.69, 9.17) is 9.56 Å². The van der Waals surface area contributed by atoms with E-state index in [-0.39, 0.29) is 38.7 Å². The molecular formula is C17H13N5O5S2. The number of thiazole rings is 1. The van der Waals surface area contributed by atoms with Crippen molar-refractivity contribution in [1.29, 1.82) is 0 Å². The molecular weight excluding hydrogens is 418 g/mol. The predicted molar refractivity (Wildman–Crippen MR) is 105 cm³/mol. The van der Waals surface area contributed by atoms with Crippen molar-refractivity contribution in [2.75, 3.05) is 0 Å². The molecule has 10 nitrogen and oxygen atoms in total. The van der Waals surface area contributed by atoms with Crippen LogP contribution in [0.15, 0.2) is 77.8 Å². The normalized spacial score (nSPS) is 15.2. The summed E-state index contributed by atoms with van der Waals surface area (Å²) in [6.07, 6.45) is 2.92. The molecule has 0 atom stereocenters. The summed E-state index contributed by atoms with van der Waals surface area (Å²) in [6, 6.07) is 9.10. The van der Waals surface area contributed by atoms with Crippen LogP contribution in [-0.2, 0) is 16.6 Å². The van der Waals surface area contributed by atoms with Crippen molar-refractivity contribution in [3.63, 3.8) is 0 Å². The zero-order valence-electron chi connectivity index (χ0n) is 14.6. The molecule has 0 radical (unpaired) electrons. The van der Waals surface area contributed by atoms with Crippen molar-refractivity contribution < 1.29 is 17.9 Å². The number of nitrogens with two attached hydrogens (primary N) is 1. The van der Waals surface area contributed by atoms with Gasteiger partial charge in [-0.1, -0.05) is 11.3 Å². The number of hydrogen-bond donors (Lipinski definition) is 2. The summed E-state index contributed by atoms with van der Waals surface area (Å²) in [5.74, 6) is 0.764. The monoisotopic (exact) mass is 431 g/mol. The van der Waals surface area contributed by atoms with Crippen LogP contribution in [0.25, 0.3) is 6.08 Å². The van der Waals surface area contributed by atoms with Gasteiger partial charge in [-0.3, -0.25) is 9.36 Å². The maximum absolute atomic E-state index is 12.2. The first-order valence-electron chi connectivity index (χ1n) is 8.11. The fourth-order valence-electron chi connectivity index (χ4n) is 2.55. The number of amidine groups is 1. The van der Waals surface area contributed by atoms with Crippen molar-refractivity contribution in [3.05, 3.63) is 74.4 Å². The minimum atomic E-state index is -3.79. The Morgan fingerprint density at radius 2 is 1.97 bits per heavy atom. The van der Waals surface area contributed by atoms with E-state index in [0.29, 0.717) is 11.3 Å². The highest BCUT2D eigenvalue weighted by molar-refractivity contribution is 7.89. The van der Waals surface area contributed by atoms with Crippen LogP contribution in [-0.4, -0.2) is 23.9 Å². The molecule has 0 amide bonds. The molecule has 3 aromatic rings. The van der Waals surface area contributed by atoms with Gasteiger partial charge in [0.1, 0.15) is 5.76 Å². The summed E-state index contributed by atoms with van der Waals surface area (Å²) < 4.78 is 29.0. The second-order valence-electron chi connectivity index (χ2n) is 5.93. The van der Waals surface area contributed by atoms with Gasteiger partial charge in [-0.15, -0.1) is 10.2 Å². The van der Waals surface area contributed by atoms with Crippen LogP contribution < -0.4 is 10.0 Å². The van der Waals surface area contributed by atoms with Crippen molar-refractivity contribution in [2.24, 2.45) is 20.4 Å². The molecule has 0 spiro atoms. The van der Waals surface area contributed by atoms with Crippen LogP contribution >= 0.6 is 11.3 Å². The number of azo groups is 1. The van der Waals surface area contributed by atoms with Crippen molar-refractivity contribution in [2.45, 2.75) is 11.4 Å². The smallest absolute Gasteiger partial charge is 0.311 e. The van der Waals surface area contributed by atoms with Gasteiger partial charge in [-0.05, 0) is 36.4 Å². The summed E-state index contributed by atoms with van der Waals surface area (Å²) in [5, 5.41) is 23.3. The second kappa shape index (κ2) is 7.24. The predicted octanol–water partition coefficient (Wildman–Crippen LogP) is 2.12. The van der Waals surface area contributed by atoms with Gasteiger partial charge >= 0.3 is 4.87 Å². The van der Waals surface area contributed by atoms with Crippen molar-refractivity contribution in [1.82, 2.24) is 4.57 Å². The molecule has 0 unspecified atom stereocenters. The summed E-state index contributed by atoms with van der Waals surface area (Å²) >= 11 is 0.839. The minimum absolute atomic E-state index is 0.0276. The molecule has 12 heteroatoms. The van der Waals surface area contributed by atoms with Crippen molar-refractivity contribution in [3.8, 4) is 5.88 Å². The molecule has 4 rings (SSSR count). The number of sulfonamides is 1. The Bertz CT molecular complexity index is 1310. The zero-order valence-corrected chi connectivity index (χ0v) is 16.2. The molecule has 1 aliphatic rings. The van der Waals surface area contributed by atoms with Gasteiger partial charge < -0.3 is 9.52 Å². The number of aromatic hydroxyl groups is 1. The Morgan fingerprint density at radius 3 is 2.62 bits per heavy atom. The highest BCUT2D eigenvalue weighted by Crippen LogP contribution is 2.26. The Labute approximate surface area is 168 Å². The SMILES string of the molecule is NS(=O)(=O)c1ccc(C2=NC(=Cc3sc(=O)n(Cc4ccco4)c3O)N=N2)cc1. The Balaban J connectivity index is 1.60. The lowest BCUT2D eigenvalue weighted by molar-refractivity contribution is 0.404. The molecule has 3 heterocycles. The average Bonchev–Trinajstić information content (AvgIpc) is 3.40. The van der Waals surface area contributed by atoms with Gasteiger partial charge in [0.2, 0.25) is 15.9 Å². The molecule has 0 saturated carbocycles. The third kappa shape index (κ3) is 3.94. The standard InChI is InChI=1S/C17H13N5O5S2/c18-29(25,26)12-5-3-10(4-6-12)15-19-14(20-21-15)8-13-16(23)22(17(24)28-13)9-11-2-1-7-27-11/h1-8,23H,9H2,(H2,18,25,26). The number of hydrogen-bond acceptors (Lipinski definition) is 9. The van der Waals surface area contributed by atoms with E-state index < -0.39 is 10.0 Å². The van der Waals surface area contributed by atoms with E-state index in [2.05, 4.69) is 15.2 Å². The first kappa shape index (κ1) is 19.0. The lowest BCUT2D eigenvalue weighted by atomic mass is 10.2. The Kier molecular flexibility index (Phi) is 4.74. The third-order valence-corrected chi connectivity index (χ3v) is 5.80. The van der Waals surface area contributed by atoms with E-state index in [1.807, 2.05) is 0 Å². The Morgan fingerprint density at radius 1 is 1.21 bits per heavy atom. The Hall–Kier alpha value is -3.35. The molecule has 2 aromatic heterocycles. The topological polar surface area (TPSA) is 153 Å². The number of nitrogens with zero attached hydrogens (tertiary/aromatic N) is 4. The fraction of sp³-hybridized carbons (Fsp3) is 0.0588. The van der Waals surface area contributed by atoms with Crippen LogP contribution in [0.4, 0.5) is 0 Å². The van der Waals surface area contributed by atoms with E-state index in [1.54, 1.807) is 12.1 Å². The average molecular weight is 431 g/mol. The molecule has 0 fully saturated rings. The van der Waals surface area contributed by atoms with Crippen LogP contribution in [0.5, 0.6) is 5.88 Å². The van der Waals surface area contributed by atoms with E-state index >= 15 is 0 Å². The number of aliphatic imine (C=N–C) groups is 1. The molecule has 1 aromatic carbocycles. The lowest BCUT2D eigenvalue weighted by Crippen LogP contribution is -2.12. The lowest BCUT2D eigenvalue weighted by Gasteiger charge is -2.00. The summed E-state index contributed by atoms with van der Waals surface area (Å²) in [4.78, 5) is 16.3. The van der Waals surface area contributed by atoms with Gasteiger partial charge in [0.05, 0.1) is 22.6 Å². The molecule has 1 aliphatic heterocycles. The number of rotatable bonds is 5. The van der Waals surface area contributed by atoms with Crippen LogP contribution in [0.2, 0.25) is 0 Å². The van der Waals surface area contributed by atoms with Gasteiger partial charge in [0.15, 0.2) is 11.7 Å². The molecule has 0 aliphatic carbocycles. The van der Waals surface area contributed by atoms with Gasteiger partial charge in [0.25, 0.3) is 0 Å². The largest absolute Gasteiger partial charge is 0.493 e. The number of aromatic nitrogens is 1. The van der Waals surface area contributed by atoms with E-state index in [0.717, 1.165) is 11.3 Å². The summed E-state index contributed by atoms with van der Waals surface area (Å²) in [7, 11) is -3.79. The van der Waals surface area contributed by atoms with Crippen LogP contribution in [0.3, 0.4) is 0 Å². The first-order chi connectivity index (χ1) is 13.8. The second-order valence-corrected chi connectivity index (χ2v) is 8.48. The maximum atomic E-state index is 12.2. The van der Waals surface area contributed by atoms with E-state index in [1.165, 1.54) is 41.2 Å². The van der Waals surface area contributed by atoms with Crippen LogP contribution in [0, 0.1) is 0 Å². The highest BCUT2D eigenvalue weighted by Gasteiger charge is 2.17. The minimum Gasteiger partial charge on any atom is -0.493 e. The molecule has 3 N–H and O–H groups in total. The molecule has 0 saturated heterocycles. The summed E-state index contributed by atoms with van der Waals surface area (Å²) in [5.41, 5.74) is 0.539. The van der Waals surface area contributed by atoms with Gasteiger partial charge in [0, 0.05) is 11.6 Å². The van der Waals surface area contributed by atoms with Gasteiger partial charge in [-0.25, -0.2) is 18.5 Å². The maximum Gasteiger partial charge on any atom is 0.311 e. The zero-order chi connectivity index (χ0) is 20.6. The number of furan rings is 1. The third-order valence-electron chi connectivity index (χ3n) is 3.96. The van der Waals surface area contributed by atoms with E-state index in [9.17, 15) is 18.3 Å². The molecule has 148 valence electrons. The highest BCUT2D eigenvalue weighted by atomic mass is 32.2. The van der Waals surface area contributed by atoms with Crippen molar-refractivity contribution >= 4 is 33.3 Å². The first-order valence-corrected chi connectivity index (χ1v) is 10.5. The number of benzene rings is 1. The molecule has 0 bridgehead atoms. The summed E-state index contributed by atoms with van der Waals surface area (Å²) in [6.45, 7) is 0.101. The quantitative estimate of drug-likeness (QED) is 0.633.